The first-order valence-electron chi connectivity index (χ1n) is 5.69. The van der Waals surface area contributed by atoms with Gasteiger partial charge in [0.05, 0.1) is 4.47 Å². The molecule has 0 unspecified atom stereocenters. The van der Waals surface area contributed by atoms with E-state index in [-0.39, 0.29) is 10.2 Å². The van der Waals surface area contributed by atoms with E-state index in [2.05, 4.69) is 26.0 Å². The molecule has 7 heteroatoms. The monoisotopic (exact) mass is 341 g/mol. The summed E-state index contributed by atoms with van der Waals surface area (Å²) in [5.41, 5.74) is 0. The van der Waals surface area contributed by atoms with Gasteiger partial charge in [0.2, 0.25) is 0 Å². The van der Waals surface area contributed by atoms with Crippen LogP contribution in [0.3, 0.4) is 0 Å². The first-order chi connectivity index (χ1) is 8.78. The van der Waals surface area contributed by atoms with E-state index in [0.29, 0.717) is 24.9 Å². The van der Waals surface area contributed by atoms with Gasteiger partial charge in [0.1, 0.15) is 18.1 Å². The molecule has 0 atom stereocenters. The molecule has 0 bridgehead atoms. The Balaban J connectivity index is 2.52. The van der Waals surface area contributed by atoms with Crippen molar-refractivity contribution in [1.82, 2.24) is 5.32 Å². The predicted octanol–water partition coefficient (Wildman–Crippen LogP) is 3.72. The fourth-order valence-electron chi connectivity index (χ4n) is 1.30. The van der Waals surface area contributed by atoms with Gasteiger partial charge in [-0.2, -0.15) is 0 Å². The maximum Gasteiger partial charge on any atom is 0.573 e. The van der Waals surface area contributed by atoms with Crippen LogP contribution in [-0.2, 0) is 0 Å². The fourth-order valence-corrected chi connectivity index (χ4v) is 1.73. The number of hydrogen-bond donors (Lipinski definition) is 1. The van der Waals surface area contributed by atoms with Crippen molar-refractivity contribution < 1.29 is 22.6 Å². The molecule has 0 aromatic heterocycles. The third kappa shape index (κ3) is 6.68. The highest BCUT2D eigenvalue weighted by molar-refractivity contribution is 9.10. The van der Waals surface area contributed by atoms with Gasteiger partial charge in [0.25, 0.3) is 0 Å². The molecule has 0 amide bonds. The Bertz CT molecular complexity index is 410. The van der Waals surface area contributed by atoms with E-state index in [1.54, 1.807) is 0 Å². The second-order valence-electron chi connectivity index (χ2n) is 4.10. The number of ether oxygens (including phenoxy) is 2. The maximum absolute atomic E-state index is 12.1. The van der Waals surface area contributed by atoms with E-state index in [9.17, 15) is 13.2 Å². The second-order valence-corrected chi connectivity index (χ2v) is 4.95. The number of benzene rings is 1. The molecule has 19 heavy (non-hydrogen) atoms. The number of hydrogen-bond acceptors (Lipinski definition) is 3. The lowest BCUT2D eigenvalue weighted by molar-refractivity contribution is -0.274. The van der Waals surface area contributed by atoms with Crippen molar-refractivity contribution in [3.05, 3.63) is 22.7 Å². The molecule has 0 fully saturated rings. The molecule has 1 aromatic rings. The number of halogens is 4. The predicted molar refractivity (Wildman–Crippen MR) is 69.5 cm³/mol. The summed E-state index contributed by atoms with van der Waals surface area (Å²) in [6.45, 7) is 5.12. The summed E-state index contributed by atoms with van der Waals surface area (Å²) < 4.78 is 45.6. The Morgan fingerprint density at radius 3 is 2.53 bits per heavy atom. The summed E-state index contributed by atoms with van der Waals surface area (Å²) in [6.07, 6.45) is -4.70. The van der Waals surface area contributed by atoms with Gasteiger partial charge in [-0.05, 0) is 34.1 Å². The Morgan fingerprint density at radius 2 is 2.00 bits per heavy atom. The topological polar surface area (TPSA) is 30.5 Å². The van der Waals surface area contributed by atoms with Crippen LogP contribution in [0.25, 0.3) is 0 Å². The highest BCUT2D eigenvalue weighted by atomic mass is 79.9. The van der Waals surface area contributed by atoms with Crippen molar-refractivity contribution in [2.75, 3.05) is 13.2 Å². The summed E-state index contributed by atoms with van der Waals surface area (Å²) in [7, 11) is 0. The molecule has 0 aliphatic carbocycles. The average Bonchev–Trinajstić information content (AvgIpc) is 2.26. The Kier molecular flexibility index (Phi) is 5.93. The van der Waals surface area contributed by atoms with E-state index in [4.69, 9.17) is 4.74 Å². The van der Waals surface area contributed by atoms with Crippen LogP contribution in [0.15, 0.2) is 22.7 Å². The second kappa shape index (κ2) is 7.00. The van der Waals surface area contributed by atoms with Gasteiger partial charge in [0, 0.05) is 12.6 Å². The lowest BCUT2D eigenvalue weighted by atomic mass is 10.3. The summed E-state index contributed by atoms with van der Waals surface area (Å²) in [5.74, 6) is 0.187. The van der Waals surface area contributed by atoms with Crippen molar-refractivity contribution in [3.8, 4) is 11.5 Å². The Morgan fingerprint density at radius 1 is 1.32 bits per heavy atom. The molecule has 1 rings (SSSR count). The van der Waals surface area contributed by atoms with Crippen LogP contribution in [0.4, 0.5) is 13.2 Å². The summed E-state index contributed by atoms with van der Waals surface area (Å²) in [5, 5.41) is 3.16. The molecule has 0 saturated heterocycles. The lowest BCUT2D eigenvalue weighted by Gasteiger charge is -2.13. The van der Waals surface area contributed by atoms with Gasteiger partial charge in [-0.1, -0.05) is 13.8 Å². The van der Waals surface area contributed by atoms with Gasteiger partial charge in [-0.3, -0.25) is 0 Å². The summed E-state index contributed by atoms with van der Waals surface area (Å²) in [6, 6.07) is 4.44. The van der Waals surface area contributed by atoms with E-state index in [1.807, 2.05) is 13.8 Å². The normalized spacial score (nSPS) is 11.7. The standard InChI is InChI=1S/C12H15BrF3NO2/c1-8(2)17-5-6-18-9-3-4-11(10(13)7-9)19-12(14,15)16/h3-4,7-8,17H,5-6H2,1-2H3. The van der Waals surface area contributed by atoms with Crippen molar-refractivity contribution in [2.45, 2.75) is 26.3 Å². The van der Waals surface area contributed by atoms with E-state index >= 15 is 0 Å². The van der Waals surface area contributed by atoms with E-state index < -0.39 is 6.36 Å². The summed E-state index contributed by atoms with van der Waals surface area (Å²) >= 11 is 3.01. The number of alkyl halides is 3. The van der Waals surface area contributed by atoms with Crippen LogP contribution in [0, 0.1) is 0 Å². The van der Waals surface area contributed by atoms with Crippen molar-refractivity contribution in [3.63, 3.8) is 0 Å². The minimum Gasteiger partial charge on any atom is -0.492 e. The van der Waals surface area contributed by atoms with Gasteiger partial charge >= 0.3 is 6.36 Å². The molecule has 0 spiro atoms. The average molecular weight is 342 g/mol. The fraction of sp³-hybridized carbons (Fsp3) is 0.500. The molecule has 108 valence electrons. The van der Waals surface area contributed by atoms with Crippen molar-refractivity contribution >= 4 is 15.9 Å². The molecule has 1 N–H and O–H groups in total. The SMILES string of the molecule is CC(C)NCCOc1ccc(OC(F)(F)F)c(Br)c1. The Hall–Kier alpha value is -0.950. The van der Waals surface area contributed by atoms with E-state index in [1.165, 1.54) is 18.2 Å². The molecule has 0 aliphatic heterocycles. The maximum atomic E-state index is 12.1. The van der Waals surface area contributed by atoms with Crippen LogP contribution in [0.2, 0.25) is 0 Å². The van der Waals surface area contributed by atoms with Crippen LogP contribution in [0.5, 0.6) is 11.5 Å². The molecule has 1 aromatic carbocycles. The zero-order valence-corrected chi connectivity index (χ0v) is 12.1. The van der Waals surface area contributed by atoms with Gasteiger partial charge in [-0.25, -0.2) is 0 Å². The molecule has 0 radical (unpaired) electrons. The van der Waals surface area contributed by atoms with Crippen LogP contribution < -0.4 is 14.8 Å². The zero-order valence-electron chi connectivity index (χ0n) is 10.6. The molecule has 0 heterocycles. The van der Waals surface area contributed by atoms with Crippen molar-refractivity contribution in [1.29, 1.82) is 0 Å². The Labute approximate surface area is 118 Å². The minimum absolute atomic E-state index is 0.194. The van der Waals surface area contributed by atoms with Gasteiger partial charge in [-0.15, -0.1) is 13.2 Å². The highest BCUT2D eigenvalue weighted by Crippen LogP contribution is 2.33. The largest absolute Gasteiger partial charge is 0.573 e. The lowest BCUT2D eigenvalue weighted by Crippen LogP contribution is -2.27. The number of rotatable bonds is 6. The van der Waals surface area contributed by atoms with Gasteiger partial charge < -0.3 is 14.8 Å². The molecule has 3 nitrogen and oxygen atoms in total. The third-order valence-electron chi connectivity index (χ3n) is 2.05. The van der Waals surface area contributed by atoms with Crippen LogP contribution in [0.1, 0.15) is 13.8 Å². The molecular weight excluding hydrogens is 327 g/mol. The minimum atomic E-state index is -4.70. The first-order valence-corrected chi connectivity index (χ1v) is 6.48. The molecule has 0 aliphatic rings. The van der Waals surface area contributed by atoms with E-state index in [0.717, 1.165) is 0 Å². The quantitative estimate of drug-likeness (QED) is 0.800. The van der Waals surface area contributed by atoms with Crippen molar-refractivity contribution in [2.24, 2.45) is 0 Å². The summed E-state index contributed by atoms with van der Waals surface area (Å²) in [4.78, 5) is 0. The molecular formula is C12H15BrF3NO2. The van der Waals surface area contributed by atoms with Gasteiger partial charge in [0.15, 0.2) is 0 Å². The smallest absolute Gasteiger partial charge is 0.492 e. The van der Waals surface area contributed by atoms with Crippen LogP contribution in [-0.4, -0.2) is 25.6 Å². The molecule has 0 saturated carbocycles. The number of nitrogens with one attached hydrogen (secondary N) is 1. The highest BCUT2D eigenvalue weighted by Gasteiger charge is 2.31. The zero-order chi connectivity index (χ0) is 14.5. The first kappa shape index (κ1) is 16.1. The third-order valence-corrected chi connectivity index (χ3v) is 2.67. The van der Waals surface area contributed by atoms with Crippen LogP contribution >= 0.6 is 15.9 Å².